The maximum atomic E-state index is 13.7. The summed E-state index contributed by atoms with van der Waals surface area (Å²) in [5.41, 5.74) is 1.02. The molecule has 3 heterocycles. The Labute approximate surface area is 191 Å². The molecule has 0 spiro atoms. The third-order valence-electron chi connectivity index (χ3n) is 6.78. The van der Waals surface area contributed by atoms with E-state index in [2.05, 4.69) is 9.80 Å². The molecule has 3 aromatic rings. The first-order valence-electron chi connectivity index (χ1n) is 11.2. The zero-order chi connectivity index (χ0) is 22.2. The van der Waals surface area contributed by atoms with Crippen LogP contribution in [0.4, 0.5) is 0 Å². The zero-order valence-corrected chi connectivity index (χ0v) is 18.6. The van der Waals surface area contributed by atoms with Crippen molar-refractivity contribution in [3.63, 3.8) is 0 Å². The van der Waals surface area contributed by atoms with Crippen molar-refractivity contribution in [3.8, 4) is 5.69 Å². The van der Waals surface area contributed by atoms with Gasteiger partial charge in [-0.15, -0.1) is 0 Å². The number of nitrogens with zero attached hydrogens (tertiary/aromatic N) is 3. The molecule has 2 saturated heterocycles. The first-order chi connectivity index (χ1) is 15.5. The largest absolute Gasteiger partial charge is 0.478 e. The highest BCUT2D eigenvalue weighted by Gasteiger charge is 2.31. The van der Waals surface area contributed by atoms with Crippen molar-refractivity contribution >= 4 is 28.3 Å². The number of hydrogen-bond acceptors (Lipinski definition) is 4. The summed E-state index contributed by atoms with van der Waals surface area (Å²) in [6.45, 7) is 4.25. The summed E-state index contributed by atoms with van der Waals surface area (Å²) in [6, 6.07) is 14.8. The highest BCUT2D eigenvalue weighted by Crippen LogP contribution is 2.29. The number of carbonyl (C=O) groups is 1. The molecule has 0 radical (unpaired) electrons. The molecule has 6 nitrogen and oxygen atoms in total. The van der Waals surface area contributed by atoms with Crippen LogP contribution in [-0.4, -0.2) is 57.7 Å². The summed E-state index contributed by atoms with van der Waals surface area (Å²) in [7, 11) is 0. The molecule has 2 fully saturated rings. The van der Waals surface area contributed by atoms with Crippen molar-refractivity contribution in [1.82, 2.24) is 14.4 Å². The van der Waals surface area contributed by atoms with E-state index in [-0.39, 0.29) is 21.5 Å². The first kappa shape index (κ1) is 21.2. The molecule has 5 rings (SSSR count). The molecule has 1 N–H and O–H groups in total. The number of piperazine rings is 1. The Morgan fingerprint density at radius 3 is 2.62 bits per heavy atom. The minimum absolute atomic E-state index is 0.150. The fourth-order valence-electron chi connectivity index (χ4n) is 5.27. The van der Waals surface area contributed by atoms with Crippen molar-refractivity contribution in [2.45, 2.75) is 31.8 Å². The van der Waals surface area contributed by atoms with Crippen LogP contribution >= 0.6 is 11.6 Å². The van der Waals surface area contributed by atoms with Gasteiger partial charge < -0.3 is 5.11 Å². The van der Waals surface area contributed by atoms with E-state index in [0.717, 1.165) is 26.2 Å². The fraction of sp³-hybridized carbons (Fsp3) is 0.360. The molecule has 7 heteroatoms. The molecular formula is C25H26ClN3O3. The van der Waals surface area contributed by atoms with E-state index in [4.69, 9.17) is 11.6 Å². The summed E-state index contributed by atoms with van der Waals surface area (Å²) in [4.78, 5) is 31.0. The maximum absolute atomic E-state index is 13.7. The van der Waals surface area contributed by atoms with E-state index in [1.54, 1.807) is 22.8 Å². The first-order valence-corrected chi connectivity index (χ1v) is 11.5. The number of aromatic nitrogens is 1. The number of carboxylic acids is 1. The van der Waals surface area contributed by atoms with Crippen LogP contribution < -0.4 is 5.56 Å². The molecule has 2 aliphatic heterocycles. The molecule has 0 bridgehead atoms. The number of halogens is 1. The van der Waals surface area contributed by atoms with E-state index in [1.165, 1.54) is 19.3 Å². The van der Waals surface area contributed by atoms with Gasteiger partial charge in [-0.25, -0.2) is 4.79 Å². The standard InChI is InChI=1S/C25H26ClN3O3/c26-20-11-6-10-19-22(20)24(30)29(17-7-2-1-3-8-17)21(23(19)25(31)32)16-27-13-14-28-12-5-4-9-18(28)15-27/h1-3,6-8,10-11,18H,4-5,9,12-16H2,(H,31,32). The Balaban J connectivity index is 1.69. The maximum Gasteiger partial charge on any atom is 0.338 e. The number of hydrogen-bond donors (Lipinski definition) is 1. The number of aromatic carboxylic acids is 1. The van der Waals surface area contributed by atoms with Crippen molar-refractivity contribution < 1.29 is 9.90 Å². The molecule has 2 aliphatic rings. The van der Waals surface area contributed by atoms with Crippen LogP contribution in [0.25, 0.3) is 16.5 Å². The number of benzene rings is 2. The van der Waals surface area contributed by atoms with Gasteiger partial charge in [0.05, 0.1) is 21.7 Å². The summed E-state index contributed by atoms with van der Waals surface area (Å²) in [5, 5.41) is 11.2. The topological polar surface area (TPSA) is 65.8 Å². The van der Waals surface area contributed by atoms with E-state index in [1.807, 2.05) is 30.3 Å². The molecule has 1 unspecified atom stereocenters. The highest BCUT2D eigenvalue weighted by molar-refractivity contribution is 6.35. The van der Waals surface area contributed by atoms with E-state index < -0.39 is 5.97 Å². The average molecular weight is 452 g/mol. The lowest BCUT2D eigenvalue weighted by atomic mass is 9.98. The normalized spacial score (nSPS) is 19.7. The highest BCUT2D eigenvalue weighted by atomic mass is 35.5. The smallest absolute Gasteiger partial charge is 0.338 e. The van der Waals surface area contributed by atoms with Crippen LogP contribution in [0.1, 0.15) is 35.3 Å². The molecule has 1 atom stereocenters. The van der Waals surface area contributed by atoms with Crippen LogP contribution in [0, 0.1) is 0 Å². The van der Waals surface area contributed by atoms with Gasteiger partial charge >= 0.3 is 5.97 Å². The van der Waals surface area contributed by atoms with Crippen LogP contribution in [0.5, 0.6) is 0 Å². The Morgan fingerprint density at radius 2 is 1.84 bits per heavy atom. The summed E-state index contributed by atoms with van der Waals surface area (Å²) < 4.78 is 1.55. The SMILES string of the molecule is O=C(O)c1c(CN2CCN3CCCCC3C2)n(-c2ccccc2)c(=O)c2c(Cl)cccc12. The lowest BCUT2D eigenvalue weighted by Crippen LogP contribution is -2.54. The zero-order valence-electron chi connectivity index (χ0n) is 17.8. The number of carboxylic acid groups (broad SMARTS) is 1. The van der Waals surface area contributed by atoms with Crippen LogP contribution in [0.3, 0.4) is 0 Å². The average Bonchev–Trinajstić information content (AvgIpc) is 2.79. The number of rotatable bonds is 4. The second kappa shape index (κ2) is 8.70. The van der Waals surface area contributed by atoms with E-state index >= 15 is 0 Å². The Bertz CT molecular complexity index is 1220. The minimum Gasteiger partial charge on any atom is -0.478 e. The lowest BCUT2D eigenvalue weighted by molar-refractivity contribution is 0.0443. The summed E-state index contributed by atoms with van der Waals surface area (Å²) >= 11 is 6.40. The molecule has 0 aliphatic carbocycles. The van der Waals surface area contributed by atoms with Crippen molar-refractivity contribution in [1.29, 1.82) is 0 Å². The Morgan fingerprint density at radius 1 is 1.03 bits per heavy atom. The molecule has 0 amide bonds. The quantitative estimate of drug-likeness (QED) is 0.649. The second-order valence-electron chi connectivity index (χ2n) is 8.69. The predicted molar refractivity (Wildman–Crippen MR) is 126 cm³/mol. The lowest BCUT2D eigenvalue weighted by Gasteiger charge is -2.44. The third kappa shape index (κ3) is 3.72. The monoisotopic (exact) mass is 451 g/mol. The molecular weight excluding hydrogens is 426 g/mol. The Kier molecular flexibility index (Phi) is 5.76. The molecule has 2 aromatic carbocycles. The van der Waals surface area contributed by atoms with Crippen molar-refractivity contribution in [2.24, 2.45) is 0 Å². The number of fused-ring (bicyclic) bond motifs is 2. The molecule has 166 valence electrons. The molecule has 1 aromatic heterocycles. The molecule has 32 heavy (non-hydrogen) atoms. The summed E-state index contributed by atoms with van der Waals surface area (Å²) in [5.74, 6) is -1.05. The fourth-order valence-corrected chi connectivity index (χ4v) is 5.52. The van der Waals surface area contributed by atoms with E-state index in [0.29, 0.717) is 29.4 Å². The van der Waals surface area contributed by atoms with Gasteiger partial charge in [0.15, 0.2) is 0 Å². The molecule has 0 saturated carbocycles. The second-order valence-corrected chi connectivity index (χ2v) is 9.09. The van der Waals surface area contributed by atoms with Gasteiger partial charge in [0.2, 0.25) is 0 Å². The number of pyridine rings is 1. The number of piperidine rings is 1. The predicted octanol–water partition coefficient (Wildman–Crippen LogP) is 4.01. The van der Waals surface area contributed by atoms with Gasteiger partial charge in [-0.3, -0.25) is 19.2 Å². The third-order valence-corrected chi connectivity index (χ3v) is 7.10. The van der Waals surface area contributed by atoms with Crippen LogP contribution in [-0.2, 0) is 6.54 Å². The van der Waals surface area contributed by atoms with Crippen LogP contribution in [0.15, 0.2) is 53.3 Å². The van der Waals surface area contributed by atoms with Crippen molar-refractivity contribution in [2.75, 3.05) is 26.2 Å². The van der Waals surface area contributed by atoms with Gasteiger partial charge in [0.1, 0.15) is 0 Å². The minimum atomic E-state index is -1.05. The van der Waals surface area contributed by atoms with Gasteiger partial charge in [0.25, 0.3) is 5.56 Å². The Hall–Kier alpha value is -2.67. The van der Waals surface area contributed by atoms with Gasteiger partial charge in [-0.1, -0.05) is 48.4 Å². The summed E-state index contributed by atoms with van der Waals surface area (Å²) in [6.07, 6.45) is 3.65. The van der Waals surface area contributed by atoms with E-state index in [9.17, 15) is 14.7 Å². The van der Waals surface area contributed by atoms with Gasteiger partial charge in [-0.05, 0) is 37.6 Å². The van der Waals surface area contributed by atoms with Crippen LogP contribution in [0.2, 0.25) is 5.02 Å². The van der Waals surface area contributed by atoms with Gasteiger partial charge in [0, 0.05) is 43.3 Å². The number of para-hydroxylation sites is 1. The van der Waals surface area contributed by atoms with Crippen molar-refractivity contribution in [3.05, 3.63) is 75.2 Å². The van der Waals surface area contributed by atoms with Gasteiger partial charge in [-0.2, -0.15) is 0 Å².